The molecule has 126 valence electrons. The lowest BCUT2D eigenvalue weighted by atomic mass is 10.2. The average Bonchev–Trinajstić information content (AvgIpc) is 3.11. The predicted octanol–water partition coefficient (Wildman–Crippen LogP) is 3.90. The van der Waals surface area contributed by atoms with E-state index in [0.717, 1.165) is 11.4 Å². The van der Waals surface area contributed by atoms with Crippen molar-refractivity contribution in [1.29, 1.82) is 0 Å². The second kappa shape index (κ2) is 7.68. The highest BCUT2D eigenvalue weighted by atomic mass is 35.5. The van der Waals surface area contributed by atoms with Crippen molar-refractivity contribution in [3.05, 3.63) is 83.1 Å². The number of aromatic nitrogens is 1. The molecular formula is C19H16ClN3O2. The van der Waals surface area contributed by atoms with E-state index in [-0.39, 0.29) is 5.91 Å². The zero-order valence-corrected chi connectivity index (χ0v) is 14.3. The van der Waals surface area contributed by atoms with Crippen LogP contribution in [0.15, 0.2) is 72.0 Å². The highest BCUT2D eigenvalue weighted by molar-refractivity contribution is 6.30. The highest BCUT2D eigenvalue weighted by Crippen LogP contribution is 2.15. The fraction of sp³-hybridized carbons (Fsp3) is 0.0526. The monoisotopic (exact) mass is 353 g/mol. The van der Waals surface area contributed by atoms with Gasteiger partial charge in [0.1, 0.15) is 5.75 Å². The second-order valence-corrected chi connectivity index (χ2v) is 5.65. The summed E-state index contributed by atoms with van der Waals surface area (Å²) in [5.74, 6) is 0.313. The summed E-state index contributed by atoms with van der Waals surface area (Å²) < 4.78 is 7.05. The topological polar surface area (TPSA) is 55.6 Å². The first kappa shape index (κ1) is 16.8. The molecule has 1 N–H and O–H groups in total. The molecule has 0 radical (unpaired) electrons. The third kappa shape index (κ3) is 4.08. The molecule has 0 saturated carbocycles. The van der Waals surface area contributed by atoms with Gasteiger partial charge in [-0.15, -0.1) is 0 Å². The lowest BCUT2D eigenvalue weighted by Crippen LogP contribution is -2.17. The third-order valence-corrected chi connectivity index (χ3v) is 3.83. The zero-order valence-electron chi connectivity index (χ0n) is 13.5. The van der Waals surface area contributed by atoms with Gasteiger partial charge in [0.25, 0.3) is 5.91 Å². The van der Waals surface area contributed by atoms with E-state index in [1.807, 2.05) is 47.2 Å². The van der Waals surface area contributed by atoms with E-state index in [4.69, 9.17) is 16.3 Å². The van der Waals surface area contributed by atoms with Gasteiger partial charge >= 0.3 is 0 Å². The Kier molecular flexibility index (Phi) is 5.16. The van der Waals surface area contributed by atoms with Crippen LogP contribution in [-0.4, -0.2) is 23.8 Å². The minimum absolute atomic E-state index is 0.306. The number of hydrazone groups is 1. The molecule has 0 aliphatic heterocycles. The molecular weight excluding hydrogens is 338 g/mol. The zero-order chi connectivity index (χ0) is 17.6. The standard InChI is InChI=1S/C19H16ClN3O2/c1-25-18-6-2-4-14(12-18)19(24)22-21-13-17-5-3-11-23(17)16-9-7-15(20)8-10-16/h2-13H,1H3,(H,22,24)/b21-13-. The van der Waals surface area contributed by atoms with E-state index in [2.05, 4.69) is 10.5 Å². The molecule has 0 fully saturated rings. The summed E-state index contributed by atoms with van der Waals surface area (Å²) in [6.07, 6.45) is 3.50. The van der Waals surface area contributed by atoms with E-state index in [9.17, 15) is 4.79 Å². The minimum atomic E-state index is -0.306. The molecule has 0 spiro atoms. The first-order valence-electron chi connectivity index (χ1n) is 7.58. The molecule has 1 heterocycles. The van der Waals surface area contributed by atoms with Crippen LogP contribution < -0.4 is 10.2 Å². The van der Waals surface area contributed by atoms with Gasteiger partial charge in [-0.1, -0.05) is 17.7 Å². The predicted molar refractivity (Wildman–Crippen MR) is 98.8 cm³/mol. The Morgan fingerprint density at radius 2 is 1.96 bits per heavy atom. The van der Waals surface area contributed by atoms with Crippen LogP contribution in [0.3, 0.4) is 0 Å². The Balaban J connectivity index is 1.72. The molecule has 0 saturated heterocycles. The summed E-state index contributed by atoms with van der Waals surface area (Å²) in [6, 6.07) is 18.1. The van der Waals surface area contributed by atoms with Crippen molar-refractivity contribution in [2.75, 3.05) is 7.11 Å². The maximum Gasteiger partial charge on any atom is 0.271 e. The quantitative estimate of drug-likeness (QED) is 0.558. The number of carbonyl (C=O) groups excluding carboxylic acids is 1. The molecule has 3 aromatic rings. The minimum Gasteiger partial charge on any atom is -0.497 e. The van der Waals surface area contributed by atoms with Crippen molar-refractivity contribution in [1.82, 2.24) is 9.99 Å². The molecule has 1 amide bonds. The number of hydrogen-bond donors (Lipinski definition) is 1. The number of methoxy groups -OCH3 is 1. The van der Waals surface area contributed by atoms with Crippen LogP contribution in [0.25, 0.3) is 5.69 Å². The molecule has 0 aliphatic rings. The van der Waals surface area contributed by atoms with Crippen molar-refractivity contribution in [2.45, 2.75) is 0 Å². The molecule has 0 unspecified atom stereocenters. The van der Waals surface area contributed by atoms with Crippen LogP contribution in [0.2, 0.25) is 5.02 Å². The fourth-order valence-corrected chi connectivity index (χ4v) is 2.45. The Bertz CT molecular complexity index is 901. The van der Waals surface area contributed by atoms with Gasteiger partial charge in [-0.2, -0.15) is 5.10 Å². The van der Waals surface area contributed by atoms with Gasteiger partial charge in [-0.3, -0.25) is 4.79 Å². The van der Waals surface area contributed by atoms with Crippen LogP contribution in [0.5, 0.6) is 5.75 Å². The van der Waals surface area contributed by atoms with Gasteiger partial charge in [0, 0.05) is 22.5 Å². The first-order chi connectivity index (χ1) is 12.2. The van der Waals surface area contributed by atoms with Gasteiger partial charge < -0.3 is 9.30 Å². The molecule has 3 rings (SSSR count). The first-order valence-corrected chi connectivity index (χ1v) is 7.96. The maximum absolute atomic E-state index is 12.1. The van der Waals surface area contributed by atoms with Gasteiger partial charge in [0.2, 0.25) is 0 Å². The summed E-state index contributed by atoms with van der Waals surface area (Å²) in [5, 5.41) is 4.71. The average molecular weight is 354 g/mol. The summed E-state index contributed by atoms with van der Waals surface area (Å²) in [7, 11) is 1.56. The fourth-order valence-electron chi connectivity index (χ4n) is 2.32. The third-order valence-electron chi connectivity index (χ3n) is 3.58. The number of hydrogen-bond acceptors (Lipinski definition) is 3. The van der Waals surface area contributed by atoms with Crippen molar-refractivity contribution in [3.8, 4) is 11.4 Å². The van der Waals surface area contributed by atoms with E-state index < -0.39 is 0 Å². The van der Waals surface area contributed by atoms with E-state index in [0.29, 0.717) is 16.3 Å². The Hall–Kier alpha value is -3.05. The van der Waals surface area contributed by atoms with E-state index in [1.54, 1.807) is 37.6 Å². The number of ether oxygens (including phenoxy) is 1. The smallest absolute Gasteiger partial charge is 0.271 e. The normalized spacial score (nSPS) is 10.8. The molecule has 2 aromatic carbocycles. The van der Waals surface area contributed by atoms with Gasteiger partial charge in [-0.25, -0.2) is 5.43 Å². The number of nitrogens with one attached hydrogen (secondary N) is 1. The van der Waals surface area contributed by atoms with Crippen LogP contribution in [0.4, 0.5) is 0 Å². The van der Waals surface area contributed by atoms with E-state index in [1.165, 1.54) is 0 Å². The number of carbonyl (C=O) groups is 1. The van der Waals surface area contributed by atoms with Crippen LogP contribution in [0.1, 0.15) is 16.1 Å². The van der Waals surface area contributed by atoms with Crippen molar-refractivity contribution in [3.63, 3.8) is 0 Å². The number of halogens is 1. The molecule has 0 aliphatic carbocycles. The lowest BCUT2D eigenvalue weighted by Gasteiger charge is -2.06. The molecule has 0 bridgehead atoms. The molecule has 1 aromatic heterocycles. The van der Waals surface area contributed by atoms with Crippen molar-refractivity contribution < 1.29 is 9.53 Å². The summed E-state index contributed by atoms with van der Waals surface area (Å²) in [6.45, 7) is 0. The van der Waals surface area contributed by atoms with Gasteiger partial charge in [-0.05, 0) is 54.6 Å². The SMILES string of the molecule is COc1cccc(C(=O)N/N=C\c2cccn2-c2ccc(Cl)cc2)c1. The maximum atomic E-state index is 12.1. The number of benzene rings is 2. The number of rotatable bonds is 5. The highest BCUT2D eigenvalue weighted by Gasteiger charge is 2.06. The second-order valence-electron chi connectivity index (χ2n) is 5.21. The van der Waals surface area contributed by atoms with E-state index >= 15 is 0 Å². The molecule has 25 heavy (non-hydrogen) atoms. The number of nitrogens with zero attached hydrogens (tertiary/aromatic N) is 2. The molecule has 6 heteroatoms. The largest absolute Gasteiger partial charge is 0.497 e. The van der Waals surface area contributed by atoms with Crippen LogP contribution in [0, 0.1) is 0 Å². The Morgan fingerprint density at radius 3 is 2.72 bits per heavy atom. The lowest BCUT2D eigenvalue weighted by molar-refractivity contribution is 0.0955. The molecule has 5 nitrogen and oxygen atoms in total. The summed E-state index contributed by atoms with van der Waals surface area (Å²) in [4.78, 5) is 12.1. The van der Waals surface area contributed by atoms with Crippen LogP contribution in [-0.2, 0) is 0 Å². The van der Waals surface area contributed by atoms with Gasteiger partial charge in [0.15, 0.2) is 0 Å². The molecule has 0 atom stereocenters. The van der Waals surface area contributed by atoms with Gasteiger partial charge in [0.05, 0.1) is 19.0 Å². The number of amides is 1. The Labute approximate surface area is 150 Å². The van der Waals surface area contributed by atoms with Crippen molar-refractivity contribution in [2.24, 2.45) is 5.10 Å². The van der Waals surface area contributed by atoms with Crippen LogP contribution >= 0.6 is 11.6 Å². The summed E-state index contributed by atoms with van der Waals surface area (Å²) in [5.41, 5.74) is 4.77. The summed E-state index contributed by atoms with van der Waals surface area (Å²) >= 11 is 5.92. The van der Waals surface area contributed by atoms with Crippen molar-refractivity contribution >= 4 is 23.7 Å². The Morgan fingerprint density at radius 1 is 1.16 bits per heavy atom.